The van der Waals surface area contributed by atoms with E-state index in [0.717, 1.165) is 25.1 Å². The Morgan fingerprint density at radius 1 is 1.21 bits per heavy atom. The van der Waals surface area contributed by atoms with Crippen molar-refractivity contribution in [3.63, 3.8) is 0 Å². The second kappa shape index (κ2) is 9.67. The first-order valence-corrected chi connectivity index (χ1v) is 10.3. The van der Waals surface area contributed by atoms with Crippen molar-refractivity contribution in [2.24, 2.45) is 0 Å². The Morgan fingerprint density at radius 2 is 1.96 bits per heavy atom. The van der Waals surface area contributed by atoms with Crippen LogP contribution in [0.3, 0.4) is 0 Å². The topological polar surface area (TPSA) is 73.9 Å². The zero-order valence-corrected chi connectivity index (χ0v) is 17.4. The summed E-state index contributed by atoms with van der Waals surface area (Å²) in [7, 11) is 0. The lowest BCUT2D eigenvalue weighted by molar-refractivity contribution is -0.123. The molecule has 2 aliphatic heterocycles. The van der Waals surface area contributed by atoms with Gasteiger partial charge in [0.1, 0.15) is 6.04 Å². The van der Waals surface area contributed by atoms with Crippen LogP contribution in [0, 0.1) is 0 Å². The maximum absolute atomic E-state index is 12.5. The fourth-order valence-electron chi connectivity index (χ4n) is 3.36. The maximum atomic E-state index is 12.5. The minimum Gasteiger partial charge on any atom is -0.376 e. The molecule has 2 aliphatic rings. The molecule has 28 heavy (non-hydrogen) atoms. The summed E-state index contributed by atoms with van der Waals surface area (Å²) >= 11 is 12.1. The number of carbonyl (C=O) groups is 2. The molecule has 2 fully saturated rings. The average Bonchev–Trinajstić information content (AvgIpc) is 3.22. The summed E-state index contributed by atoms with van der Waals surface area (Å²) in [6, 6.07) is 4.70. The number of amides is 3. The number of hydrogen-bond donors (Lipinski definition) is 2. The SMILES string of the molecule is C[C@H](NC(=O)N1CCN(c2ccc(Cl)c(Cl)c2)CC1)C(=O)NC[C@@H]1CCCO1. The number of piperazine rings is 1. The predicted molar refractivity (Wildman–Crippen MR) is 110 cm³/mol. The fraction of sp³-hybridized carbons (Fsp3) is 0.579. The predicted octanol–water partition coefficient (Wildman–Crippen LogP) is 2.51. The van der Waals surface area contributed by atoms with Gasteiger partial charge >= 0.3 is 6.03 Å². The highest BCUT2D eigenvalue weighted by Crippen LogP contribution is 2.27. The second-order valence-electron chi connectivity index (χ2n) is 7.12. The number of benzene rings is 1. The van der Waals surface area contributed by atoms with Crippen molar-refractivity contribution in [3.05, 3.63) is 28.2 Å². The third-order valence-corrected chi connectivity index (χ3v) is 5.84. The third-order valence-electron chi connectivity index (χ3n) is 5.10. The van der Waals surface area contributed by atoms with E-state index in [2.05, 4.69) is 15.5 Å². The van der Waals surface area contributed by atoms with Gasteiger partial charge in [-0.05, 0) is 38.0 Å². The first kappa shape index (κ1) is 21.0. The van der Waals surface area contributed by atoms with Crippen LogP contribution in [0.2, 0.25) is 10.0 Å². The lowest BCUT2D eigenvalue weighted by Gasteiger charge is -2.36. The molecule has 0 aromatic heterocycles. The largest absolute Gasteiger partial charge is 0.376 e. The number of carbonyl (C=O) groups excluding carboxylic acids is 2. The summed E-state index contributed by atoms with van der Waals surface area (Å²) < 4.78 is 5.49. The van der Waals surface area contributed by atoms with Gasteiger partial charge < -0.3 is 25.2 Å². The Labute approximate surface area is 175 Å². The molecular weight excluding hydrogens is 403 g/mol. The van der Waals surface area contributed by atoms with Gasteiger partial charge in [-0.3, -0.25) is 4.79 Å². The molecule has 2 heterocycles. The van der Waals surface area contributed by atoms with Crippen molar-refractivity contribution in [2.75, 3.05) is 44.2 Å². The fourth-order valence-corrected chi connectivity index (χ4v) is 3.66. The normalized spacial score (nSPS) is 20.8. The van der Waals surface area contributed by atoms with E-state index in [-0.39, 0.29) is 18.0 Å². The van der Waals surface area contributed by atoms with Crippen molar-refractivity contribution in [3.8, 4) is 0 Å². The molecule has 1 aromatic carbocycles. The van der Waals surface area contributed by atoms with Gasteiger partial charge in [-0.2, -0.15) is 0 Å². The zero-order chi connectivity index (χ0) is 20.1. The van der Waals surface area contributed by atoms with Gasteiger partial charge in [-0.1, -0.05) is 23.2 Å². The molecule has 0 aliphatic carbocycles. The highest BCUT2D eigenvalue weighted by atomic mass is 35.5. The van der Waals surface area contributed by atoms with Gasteiger partial charge in [0.25, 0.3) is 0 Å². The van der Waals surface area contributed by atoms with E-state index in [1.807, 2.05) is 12.1 Å². The molecule has 7 nitrogen and oxygen atoms in total. The summed E-state index contributed by atoms with van der Waals surface area (Å²) in [5.41, 5.74) is 0.983. The van der Waals surface area contributed by atoms with E-state index in [1.165, 1.54) is 0 Å². The highest BCUT2D eigenvalue weighted by Gasteiger charge is 2.25. The monoisotopic (exact) mass is 428 g/mol. The average molecular weight is 429 g/mol. The van der Waals surface area contributed by atoms with E-state index in [1.54, 1.807) is 17.9 Å². The number of anilines is 1. The molecule has 2 atom stereocenters. The van der Waals surface area contributed by atoms with Crippen molar-refractivity contribution in [2.45, 2.75) is 31.9 Å². The van der Waals surface area contributed by atoms with Crippen LogP contribution in [-0.4, -0.2) is 68.3 Å². The molecule has 154 valence electrons. The quantitative estimate of drug-likeness (QED) is 0.755. The summed E-state index contributed by atoms with van der Waals surface area (Å²) in [4.78, 5) is 28.5. The number of urea groups is 1. The smallest absolute Gasteiger partial charge is 0.318 e. The van der Waals surface area contributed by atoms with Gasteiger partial charge in [-0.25, -0.2) is 4.79 Å². The van der Waals surface area contributed by atoms with E-state index < -0.39 is 6.04 Å². The van der Waals surface area contributed by atoms with E-state index in [9.17, 15) is 9.59 Å². The Balaban J connectivity index is 1.42. The Kier molecular flexibility index (Phi) is 7.26. The van der Waals surface area contributed by atoms with Gasteiger partial charge in [0.2, 0.25) is 5.91 Å². The number of halogens is 2. The number of nitrogens with one attached hydrogen (secondary N) is 2. The van der Waals surface area contributed by atoms with E-state index in [0.29, 0.717) is 42.8 Å². The molecule has 0 saturated carbocycles. The number of ether oxygens (including phenoxy) is 1. The summed E-state index contributed by atoms with van der Waals surface area (Å²) in [6.07, 6.45) is 2.08. The van der Waals surface area contributed by atoms with E-state index in [4.69, 9.17) is 27.9 Å². The van der Waals surface area contributed by atoms with Crippen molar-refractivity contribution < 1.29 is 14.3 Å². The number of hydrogen-bond acceptors (Lipinski definition) is 4. The molecule has 3 amide bonds. The first-order chi connectivity index (χ1) is 13.4. The molecule has 3 rings (SSSR count). The van der Waals surface area contributed by atoms with E-state index >= 15 is 0 Å². The van der Waals surface area contributed by atoms with Crippen LogP contribution in [0.5, 0.6) is 0 Å². The van der Waals surface area contributed by atoms with Crippen LogP contribution in [-0.2, 0) is 9.53 Å². The van der Waals surface area contributed by atoms with Gasteiger partial charge in [0.15, 0.2) is 0 Å². The maximum Gasteiger partial charge on any atom is 0.318 e. The highest BCUT2D eigenvalue weighted by molar-refractivity contribution is 6.42. The number of nitrogens with zero attached hydrogens (tertiary/aromatic N) is 2. The van der Waals surface area contributed by atoms with Crippen LogP contribution in [0.15, 0.2) is 18.2 Å². The van der Waals surface area contributed by atoms with Crippen molar-refractivity contribution >= 4 is 40.8 Å². The van der Waals surface area contributed by atoms with Crippen LogP contribution < -0.4 is 15.5 Å². The molecule has 0 unspecified atom stereocenters. The first-order valence-electron chi connectivity index (χ1n) is 9.59. The van der Waals surface area contributed by atoms with Crippen LogP contribution in [0.1, 0.15) is 19.8 Å². The molecular formula is C19H26Cl2N4O3. The Morgan fingerprint density at radius 3 is 2.61 bits per heavy atom. The number of rotatable bonds is 5. The van der Waals surface area contributed by atoms with Gasteiger partial charge in [0, 0.05) is 45.0 Å². The van der Waals surface area contributed by atoms with Crippen LogP contribution in [0.4, 0.5) is 10.5 Å². The molecule has 2 saturated heterocycles. The molecule has 1 aromatic rings. The molecule has 0 radical (unpaired) electrons. The van der Waals surface area contributed by atoms with Gasteiger partial charge in [0.05, 0.1) is 16.1 Å². The summed E-state index contributed by atoms with van der Waals surface area (Å²) in [5.74, 6) is -0.196. The molecule has 0 bridgehead atoms. The molecule has 0 spiro atoms. The summed E-state index contributed by atoms with van der Waals surface area (Å²) in [5, 5.41) is 6.65. The lowest BCUT2D eigenvalue weighted by Crippen LogP contribution is -2.55. The van der Waals surface area contributed by atoms with Crippen LogP contribution >= 0.6 is 23.2 Å². The second-order valence-corrected chi connectivity index (χ2v) is 7.94. The standard InChI is InChI=1S/C19H26Cl2N4O3/c1-13(18(26)22-12-15-3-2-10-28-15)23-19(27)25-8-6-24(7-9-25)14-4-5-16(20)17(21)11-14/h4-5,11,13,15H,2-3,6-10,12H2,1H3,(H,22,26)(H,23,27)/t13-,15-/m0/s1. The van der Waals surface area contributed by atoms with Crippen molar-refractivity contribution in [1.82, 2.24) is 15.5 Å². The third kappa shape index (κ3) is 5.43. The van der Waals surface area contributed by atoms with Gasteiger partial charge in [-0.15, -0.1) is 0 Å². The van der Waals surface area contributed by atoms with Crippen LogP contribution in [0.25, 0.3) is 0 Å². The van der Waals surface area contributed by atoms with Crippen molar-refractivity contribution in [1.29, 1.82) is 0 Å². The Hall–Kier alpha value is -1.70. The Bertz CT molecular complexity index is 704. The molecule has 2 N–H and O–H groups in total. The minimum atomic E-state index is -0.595. The molecule has 9 heteroatoms. The lowest BCUT2D eigenvalue weighted by atomic mass is 10.2. The summed E-state index contributed by atoms with van der Waals surface area (Å²) in [6.45, 7) is 5.43. The minimum absolute atomic E-state index is 0.0845. The zero-order valence-electron chi connectivity index (χ0n) is 15.9.